The van der Waals surface area contributed by atoms with Gasteiger partial charge >= 0.3 is 0 Å². The molecule has 0 saturated heterocycles. The third-order valence-corrected chi connectivity index (χ3v) is 4.30. The maximum Gasteiger partial charge on any atom is 0.264 e. The van der Waals surface area contributed by atoms with Gasteiger partial charge in [0.15, 0.2) is 5.58 Å². The lowest BCUT2D eigenvalue weighted by Gasteiger charge is -2.09. The summed E-state index contributed by atoms with van der Waals surface area (Å²) in [7, 11) is 3.34. The van der Waals surface area contributed by atoms with Gasteiger partial charge in [-0.2, -0.15) is 0 Å². The minimum Gasteiger partial charge on any atom is -0.496 e. The van der Waals surface area contributed by atoms with Crippen LogP contribution in [0.1, 0.15) is 0 Å². The first-order valence-corrected chi connectivity index (χ1v) is 7.89. The largest absolute Gasteiger partial charge is 0.496 e. The van der Waals surface area contributed by atoms with Crippen LogP contribution in [0.25, 0.3) is 33.5 Å². The Morgan fingerprint density at radius 2 is 1.76 bits per heavy atom. The summed E-state index contributed by atoms with van der Waals surface area (Å²) in [5, 5.41) is 4.59. The fraction of sp³-hybridized carbons (Fsp3) is 0.100. The summed E-state index contributed by atoms with van der Waals surface area (Å²) in [6.45, 7) is 0. The van der Waals surface area contributed by atoms with Crippen LogP contribution in [0.15, 0.2) is 70.0 Å². The van der Waals surface area contributed by atoms with Crippen LogP contribution in [0.5, 0.6) is 5.75 Å². The van der Waals surface area contributed by atoms with Gasteiger partial charge in [-0.05, 0) is 17.7 Å². The lowest BCUT2D eigenvalue weighted by Crippen LogP contribution is -2.18. The van der Waals surface area contributed by atoms with Crippen molar-refractivity contribution >= 4 is 11.0 Å². The molecule has 0 saturated carbocycles. The van der Waals surface area contributed by atoms with Crippen LogP contribution >= 0.6 is 0 Å². The van der Waals surface area contributed by atoms with Gasteiger partial charge in [-0.1, -0.05) is 47.6 Å². The lowest BCUT2D eigenvalue weighted by molar-refractivity contribution is 0.415. The van der Waals surface area contributed by atoms with Gasteiger partial charge in [0.2, 0.25) is 0 Å². The van der Waals surface area contributed by atoms with E-state index in [4.69, 9.17) is 9.26 Å². The van der Waals surface area contributed by atoms with E-state index < -0.39 is 0 Å². The first kappa shape index (κ1) is 15.2. The summed E-state index contributed by atoms with van der Waals surface area (Å²) in [6, 6.07) is 19.0. The monoisotopic (exact) mass is 332 g/mol. The van der Waals surface area contributed by atoms with E-state index >= 15 is 0 Å². The molecule has 124 valence electrons. The van der Waals surface area contributed by atoms with Gasteiger partial charge < -0.3 is 13.8 Å². The fourth-order valence-electron chi connectivity index (χ4n) is 3.02. The van der Waals surface area contributed by atoms with Crippen molar-refractivity contribution in [2.45, 2.75) is 0 Å². The molecule has 0 aliphatic carbocycles. The van der Waals surface area contributed by atoms with Gasteiger partial charge in [0.05, 0.1) is 12.8 Å². The van der Waals surface area contributed by atoms with Crippen LogP contribution in [-0.2, 0) is 7.05 Å². The van der Waals surface area contributed by atoms with E-state index in [2.05, 4.69) is 5.16 Å². The zero-order valence-corrected chi connectivity index (χ0v) is 13.9. The zero-order chi connectivity index (χ0) is 17.4. The van der Waals surface area contributed by atoms with E-state index in [1.54, 1.807) is 18.7 Å². The molecule has 4 rings (SSSR count). The maximum absolute atomic E-state index is 13.0. The summed E-state index contributed by atoms with van der Waals surface area (Å²) in [5.41, 5.74) is 3.25. The fourth-order valence-corrected chi connectivity index (χ4v) is 3.02. The molecule has 0 radical (unpaired) electrons. The van der Waals surface area contributed by atoms with E-state index in [1.165, 1.54) is 0 Å². The van der Waals surface area contributed by atoms with Crippen LogP contribution < -0.4 is 10.3 Å². The summed E-state index contributed by atoms with van der Waals surface area (Å²) >= 11 is 0. The Morgan fingerprint density at radius 1 is 1.04 bits per heavy atom. The standard InChI is InChI=1S/C20H16N2O3/c1-22-15(13-8-4-3-5-9-13)12-17-18(20(22)23)19(21-25-17)14-10-6-7-11-16(14)24-2/h3-12H,1-2H3. The number of pyridine rings is 1. The van der Waals surface area contributed by atoms with Crippen LogP contribution in [0.3, 0.4) is 0 Å². The van der Waals surface area contributed by atoms with Crippen molar-refractivity contribution < 1.29 is 9.26 Å². The van der Waals surface area contributed by atoms with Gasteiger partial charge in [-0.15, -0.1) is 0 Å². The molecule has 25 heavy (non-hydrogen) atoms. The third-order valence-electron chi connectivity index (χ3n) is 4.30. The van der Waals surface area contributed by atoms with Crippen molar-refractivity contribution in [3.8, 4) is 28.3 Å². The number of methoxy groups -OCH3 is 1. The van der Waals surface area contributed by atoms with Crippen LogP contribution in [0.2, 0.25) is 0 Å². The van der Waals surface area contributed by atoms with Gasteiger partial charge in [-0.3, -0.25) is 4.79 Å². The molecule has 5 nitrogen and oxygen atoms in total. The maximum atomic E-state index is 13.0. The zero-order valence-electron chi connectivity index (χ0n) is 13.9. The second-order valence-electron chi connectivity index (χ2n) is 5.73. The molecule has 0 atom stereocenters. The Kier molecular flexibility index (Phi) is 3.61. The highest BCUT2D eigenvalue weighted by molar-refractivity contribution is 5.94. The van der Waals surface area contributed by atoms with E-state index in [0.717, 1.165) is 16.8 Å². The Bertz CT molecular complexity index is 1110. The molecule has 4 aromatic rings. The molecular weight excluding hydrogens is 316 g/mol. The summed E-state index contributed by atoms with van der Waals surface area (Å²) in [6.07, 6.45) is 0. The first-order valence-electron chi connectivity index (χ1n) is 7.89. The predicted molar refractivity (Wildman–Crippen MR) is 96.7 cm³/mol. The minimum atomic E-state index is -0.154. The van der Waals surface area contributed by atoms with Crippen molar-refractivity contribution in [1.29, 1.82) is 0 Å². The summed E-state index contributed by atoms with van der Waals surface area (Å²) in [4.78, 5) is 13.0. The molecule has 2 aromatic carbocycles. The van der Waals surface area contributed by atoms with Crippen LogP contribution in [-0.4, -0.2) is 16.8 Å². The van der Waals surface area contributed by atoms with Gasteiger partial charge in [0.25, 0.3) is 5.56 Å². The van der Waals surface area contributed by atoms with Crippen molar-refractivity contribution in [2.24, 2.45) is 7.05 Å². The Labute approximate surface area is 144 Å². The van der Waals surface area contributed by atoms with E-state index in [9.17, 15) is 4.79 Å². The number of aromatic nitrogens is 2. The van der Waals surface area contributed by atoms with Crippen molar-refractivity contribution in [3.63, 3.8) is 0 Å². The average molecular weight is 332 g/mol. The molecule has 0 N–H and O–H groups in total. The number of nitrogens with zero attached hydrogens (tertiary/aromatic N) is 2. The molecule has 0 fully saturated rings. The number of hydrogen-bond acceptors (Lipinski definition) is 4. The number of benzene rings is 2. The quantitative estimate of drug-likeness (QED) is 0.571. The first-order chi connectivity index (χ1) is 12.2. The van der Waals surface area contributed by atoms with E-state index in [1.807, 2.05) is 60.7 Å². The predicted octanol–water partition coefficient (Wildman–Crippen LogP) is 3.87. The number of rotatable bonds is 3. The molecule has 2 heterocycles. The van der Waals surface area contributed by atoms with Crippen molar-refractivity contribution in [2.75, 3.05) is 7.11 Å². The molecule has 5 heteroatoms. The summed E-state index contributed by atoms with van der Waals surface area (Å²) in [5.74, 6) is 0.645. The highest BCUT2D eigenvalue weighted by Crippen LogP contribution is 2.33. The molecular formula is C20H16N2O3. The van der Waals surface area contributed by atoms with E-state index in [0.29, 0.717) is 22.4 Å². The molecule has 0 amide bonds. The van der Waals surface area contributed by atoms with Crippen LogP contribution in [0, 0.1) is 0 Å². The number of fused-ring (bicyclic) bond motifs is 1. The van der Waals surface area contributed by atoms with Gasteiger partial charge in [-0.25, -0.2) is 0 Å². The second kappa shape index (κ2) is 5.94. The minimum absolute atomic E-state index is 0.154. The Hall–Kier alpha value is -3.34. The summed E-state index contributed by atoms with van der Waals surface area (Å²) < 4.78 is 12.5. The normalized spacial score (nSPS) is 11.0. The average Bonchev–Trinajstić information content (AvgIpc) is 3.09. The smallest absolute Gasteiger partial charge is 0.264 e. The topological polar surface area (TPSA) is 57.3 Å². The number of hydrogen-bond donors (Lipinski definition) is 0. The molecule has 0 unspecified atom stereocenters. The Balaban J connectivity index is 2.00. The van der Waals surface area contributed by atoms with Crippen LogP contribution in [0.4, 0.5) is 0 Å². The third kappa shape index (κ3) is 2.41. The number of ether oxygens (including phenoxy) is 1. The van der Waals surface area contributed by atoms with Gasteiger partial charge in [0, 0.05) is 18.7 Å². The molecule has 0 bridgehead atoms. The molecule has 0 aliphatic heterocycles. The highest BCUT2D eigenvalue weighted by Gasteiger charge is 2.20. The Morgan fingerprint density at radius 3 is 2.52 bits per heavy atom. The SMILES string of the molecule is COc1ccccc1-c1noc2cc(-c3ccccc3)n(C)c(=O)c12. The molecule has 0 aliphatic rings. The van der Waals surface area contributed by atoms with E-state index in [-0.39, 0.29) is 5.56 Å². The molecule has 2 aromatic heterocycles. The second-order valence-corrected chi connectivity index (χ2v) is 5.73. The lowest BCUT2D eigenvalue weighted by atomic mass is 10.1. The van der Waals surface area contributed by atoms with Gasteiger partial charge in [0.1, 0.15) is 16.8 Å². The molecule has 0 spiro atoms. The van der Waals surface area contributed by atoms with Crippen molar-refractivity contribution in [3.05, 3.63) is 71.0 Å². The number of para-hydroxylation sites is 1. The highest BCUT2D eigenvalue weighted by atomic mass is 16.5. The van der Waals surface area contributed by atoms with Crippen molar-refractivity contribution in [1.82, 2.24) is 9.72 Å².